The van der Waals surface area contributed by atoms with Gasteiger partial charge in [-0.05, 0) is 0 Å². The van der Waals surface area contributed by atoms with Gasteiger partial charge in [0.1, 0.15) is 0 Å². The Morgan fingerprint density at radius 2 is 0.531 bits per heavy atom. The van der Waals surface area contributed by atoms with Gasteiger partial charge in [-0.3, -0.25) is 0 Å². The van der Waals surface area contributed by atoms with Gasteiger partial charge in [0.2, 0.25) is 0 Å². The Balaban J connectivity index is 1.73. The van der Waals surface area contributed by atoms with Gasteiger partial charge in [0.15, 0.2) is 0 Å². The third-order valence-electron chi connectivity index (χ3n) is 14.7. The van der Waals surface area contributed by atoms with Gasteiger partial charge in [-0.2, -0.15) is 0 Å². The van der Waals surface area contributed by atoms with Crippen molar-refractivity contribution in [3.8, 4) is 0 Å². The molecule has 338 valence electrons. The van der Waals surface area contributed by atoms with Crippen LogP contribution < -0.4 is 0 Å². The standard InChI is InChI=1S/C10H13O.5C10H13.O.2Sn/c1-10(2,8-11)9-6-4-3-5-7-9;5*1-10(2,3)9-7-5-4-6-8-9;;;/h3-8,11H,1-2H3;5*4-8H,1H2,2-3H3;;;. The molecule has 6 rings (SSSR count). The summed E-state index contributed by atoms with van der Waals surface area (Å²) in [7, 11) is 0. The van der Waals surface area contributed by atoms with E-state index in [4.69, 9.17) is 0 Å². The van der Waals surface area contributed by atoms with Gasteiger partial charge in [-0.25, -0.2) is 0 Å². The molecule has 0 saturated carbocycles. The fraction of sp³-hybridized carbons (Fsp3) is 0.400. The van der Waals surface area contributed by atoms with Gasteiger partial charge < -0.3 is 0 Å². The monoisotopic (exact) mass is 1070 g/mol. The van der Waals surface area contributed by atoms with E-state index in [1.165, 1.54) is 33.4 Å². The van der Waals surface area contributed by atoms with Crippen LogP contribution in [0.1, 0.15) is 116 Å². The van der Waals surface area contributed by atoms with Crippen LogP contribution in [-0.4, -0.2) is 46.8 Å². The van der Waals surface area contributed by atoms with Crippen LogP contribution in [0.3, 0.4) is 0 Å². The van der Waals surface area contributed by atoms with Crippen LogP contribution in [0.5, 0.6) is 0 Å². The fourth-order valence-corrected chi connectivity index (χ4v) is 73.0. The molecule has 0 heterocycles. The summed E-state index contributed by atoms with van der Waals surface area (Å²) in [6, 6.07) is 66.7. The summed E-state index contributed by atoms with van der Waals surface area (Å²) < 4.78 is 13.3. The van der Waals surface area contributed by atoms with Crippen LogP contribution in [0.2, 0.25) is 22.2 Å². The Morgan fingerprint density at radius 1 is 0.328 bits per heavy atom. The van der Waals surface area contributed by atoms with Gasteiger partial charge >= 0.3 is 401 Å². The Morgan fingerprint density at radius 3 is 0.766 bits per heavy atom. The van der Waals surface area contributed by atoms with Gasteiger partial charge in [0, 0.05) is 0 Å². The van der Waals surface area contributed by atoms with E-state index in [2.05, 4.69) is 265 Å². The number of hydrogen-bond donors (Lipinski definition) is 1. The van der Waals surface area contributed by atoms with Crippen LogP contribution in [0.4, 0.5) is 0 Å². The molecule has 6 aromatic carbocycles. The van der Waals surface area contributed by atoms with Crippen molar-refractivity contribution >= 4 is 37.6 Å². The minimum atomic E-state index is -4.69. The first-order valence-corrected chi connectivity index (χ1v) is 37.8. The quantitative estimate of drug-likeness (QED) is 0.0772. The second-order valence-electron chi connectivity index (χ2n) is 23.0. The Labute approximate surface area is 398 Å². The topological polar surface area (TPSA) is 29.5 Å². The Kier molecular flexibility index (Phi) is 15.7. The molecule has 1 unspecified atom stereocenters. The summed E-state index contributed by atoms with van der Waals surface area (Å²) in [5, 5.41) is 14.3. The van der Waals surface area contributed by atoms with E-state index in [0.29, 0.717) is 0 Å². The van der Waals surface area contributed by atoms with E-state index in [-0.39, 0.29) is 27.1 Å². The minimum absolute atomic E-state index is 0.182. The van der Waals surface area contributed by atoms with Crippen LogP contribution >= 0.6 is 0 Å². The molecule has 0 aromatic heterocycles. The van der Waals surface area contributed by atoms with E-state index in [9.17, 15) is 6.52 Å². The van der Waals surface area contributed by atoms with E-state index < -0.39 is 47.1 Å². The summed E-state index contributed by atoms with van der Waals surface area (Å²) in [6.07, 6.45) is 0. The van der Waals surface area contributed by atoms with Gasteiger partial charge in [0.05, 0.1) is 0 Å². The van der Waals surface area contributed by atoms with Gasteiger partial charge in [-0.1, -0.05) is 0 Å². The molecule has 0 aliphatic carbocycles. The van der Waals surface area contributed by atoms with Crippen molar-refractivity contribution in [2.75, 3.05) is 0 Å². The summed E-state index contributed by atoms with van der Waals surface area (Å²) in [5.41, 5.74) is 6.19. The molecule has 2 nitrogen and oxygen atoms in total. The molecule has 4 heteroatoms. The molecule has 0 amide bonds. The van der Waals surface area contributed by atoms with Crippen molar-refractivity contribution in [3.63, 3.8) is 0 Å². The molecule has 0 aliphatic heterocycles. The molecular weight excluding hydrogens is 990 g/mol. The zero-order valence-electron chi connectivity index (χ0n) is 41.3. The normalized spacial score (nSPS) is 14.0. The van der Waals surface area contributed by atoms with Crippen molar-refractivity contribution in [2.24, 2.45) is 0 Å². The van der Waals surface area contributed by atoms with Crippen molar-refractivity contribution in [1.29, 1.82) is 0 Å². The van der Waals surface area contributed by atoms with E-state index in [0.717, 1.165) is 22.2 Å². The third kappa shape index (κ3) is 11.9. The Bertz CT molecular complexity index is 2150. The van der Waals surface area contributed by atoms with Gasteiger partial charge in [-0.15, -0.1) is 0 Å². The predicted octanol–water partition coefficient (Wildman–Crippen LogP) is 15.7. The predicted molar refractivity (Wildman–Crippen MR) is 279 cm³/mol. The molecule has 64 heavy (non-hydrogen) atoms. The zero-order chi connectivity index (χ0) is 46.5. The van der Waals surface area contributed by atoms with Gasteiger partial charge in [0.25, 0.3) is 0 Å². The second kappa shape index (κ2) is 20.0. The average Bonchev–Trinajstić information content (AvgIpc) is 3.27. The number of aliphatic hydroxyl groups is 1. The molecule has 0 saturated heterocycles. The molecule has 1 atom stereocenters. The summed E-state index contributed by atoms with van der Waals surface area (Å²) in [5.74, 6) is 0. The van der Waals surface area contributed by atoms with E-state index in [1.807, 2.05) is 0 Å². The second-order valence-corrected chi connectivity index (χ2v) is 46.9. The first kappa shape index (κ1) is 50.3. The van der Waals surface area contributed by atoms with Crippen molar-refractivity contribution < 1.29 is 6.52 Å². The van der Waals surface area contributed by atoms with Crippen molar-refractivity contribution in [1.82, 2.24) is 0 Å². The van der Waals surface area contributed by atoms with E-state index in [1.54, 1.807) is 0 Å². The molecule has 6 aromatic rings. The fourth-order valence-electron chi connectivity index (χ4n) is 11.7. The van der Waals surface area contributed by atoms with E-state index >= 15 is 0 Å². The summed E-state index contributed by atoms with van der Waals surface area (Å²) in [4.78, 5) is 0. The average molecular weight is 1070 g/mol. The van der Waals surface area contributed by atoms with Crippen LogP contribution in [0, 0.1) is 0 Å². The van der Waals surface area contributed by atoms with Crippen LogP contribution in [0.25, 0.3) is 0 Å². The SMILES string of the molecule is CC(C)([CH2][Sn]([CH2]C(C)(C)c1ccccc1)([CH2]C(C)(C)c1ccccc1)[O][Sn]([CH2]C(C)(C)c1ccccc1)([CH2]C(C)(C)c1ccccc1)[CH](O)C(C)(C)c1ccccc1)c1ccccc1. The number of aliphatic hydroxyl groups excluding tert-OH is 1. The van der Waals surface area contributed by atoms with Crippen LogP contribution in [0.15, 0.2) is 182 Å². The zero-order valence-corrected chi connectivity index (χ0v) is 47.0. The number of benzene rings is 6. The van der Waals surface area contributed by atoms with Crippen LogP contribution in [-0.2, 0) is 33.9 Å². The summed E-state index contributed by atoms with van der Waals surface area (Å²) in [6.45, 7) is 29.2. The summed E-state index contributed by atoms with van der Waals surface area (Å²) >= 11 is -9.02. The maximum atomic E-state index is 14.3. The molecule has 0 aliphatic rings. The number of rotatable bonds is 20. The molecule has 0 radical (unpaired) electrons. The molecule has 0 bridgehead atoms. The molecule has 1 N–H and O–H groups in total. The molecular formula is C60H78O2Sn2. The molecule has 0 spiro atoms. The first-order valence-electron chi connectivity index (χ1n) is 23.7. The van der Waals surface area contributed by atoms with Crippen molar-refractivity contribution in [2.45, 2.75) is 142 Å². The maximum absolute atomic E-state index is 14.3. The third-order valence-corrected chi connectivity index (χ3v) is 59.6. The first-order chi connectivity index (χ1) is 30.0. The van der Waals surface area contributed by atoms with Crippen molar-refractivity contribution in [3.05, 3.63) is 215 Å². The molecule has 0 fully saturated rings. The Hall–Kier alpha value is -3.16. The number of hydrogen-bond acceptors (Lipinski definition) is 2.